The first-order chi connectivity index (χ1) is 30.5. The van der Waals surface area contributed by atoms with Gasteiger partial charge < -0.3 is 9.47 Å². The Morgan fingerprint density at radius 3 is 1.16 bits per heavy atom. The van der Waals surface area contributed by atoms with Crippen LogP contribution in [0.5, 0.6) is 11.5 Å². The van der Waals surface area contributed by atoms with Crippen LogP contribution in [-0.4, -0.2) is 11.9 Å². The van der Waals surface area contributed by atoms with Gasteiger partial charge in [-0.25, -0.2) is 9.59 Å². The third kappa shape index (κ3) is 7.12. The molecule has 0 radical (unpaired) electrons. The third-order valence-corrected chi connectivity index (χ3v) is 12.3. The summed E-state index contributed by atoms with van der Waals surface area (Å²) in [4.78, 5) is 28.4. The van der Waals surface area contributed by atoms with Crippen LogP contribution >= 0.6 is 0 Å². The second kappa shape index (κ2) is 16.6. The average Bonchev–Trinajstić information content (AvgIpc) is 3.32. The molecule has 0 unspecified atom stereocenters. The molecule has 0 atom stereocenters. The normalized spacial score (nSPS) is 11.6. The summed E-state index contributed by atoms with van der Waals surface area (Å²) in [6.07, 6.45) is 6.12. The first kappa shape index (κ1) is 38.9. The zero-order chi connectivity index (χ0) is 42.2. The quantitative estimate of drug-likeness (QED) is 0.0742. The van der Waals surface area contributed by atoms with E-state index in [1.54, 1.807) is 0 Å². The maximum atomic E-state index is 14.2. The van der Waals surface area contributed by atoms with E-state index in [0.717, 1.165) is 114 Å². The largest absolute Gasteiger partial charge is 0.422 e. The van der Waals surface area contributed by atoms with Crippen molar-refractivity contribution >= 4 is 76.6 Å². The lowest BCUT2D eigenvalue weighted by atomic mass is 9.84. The molecule has 0 spiro atoms. The van der Waals surface area contributed by atoms with E-state index in [0.29, 0.717) is 22.6 Å². The Morgan fingerprint density at radius 1 is 0.371 bits per heavy atom. The Bertz CT molecular complexity index is 3150. The first-order valence-electron chi connectivity index (χ1n) is 21.9. The maximum Gasteiger partial charge on any atom is 0.343 e. The summed E-state index contributed by atoms with van der Waals surface area (Å²) in [5, 5.41) is 11.5. The van der Waals surface area contributed by atoms with E-state index >= 15 is 0 Å². The Kier molecular flexibility index (Phi) is 10.4. The lowest BCUT2D eigenvalue weighted by Gasteiger charge is -2.22. The Balaban J connectivity index is 1.23. The van der Waals surface area contributed by atoms with Gasteiger partial charge in [0, 0.05) is 21.5 Å². The van der Waals surface area contributed by atoms with Crippen molar-refractivity contribution in [1.29, 1.82) is 0 Å². The molecule has 4 heteroatoms. The highest BCUT2D eigenvalue weighted by Crippen LogP contribution is 2.50. The van der Waals surface area contributed by atoms with Crippen molar-refractivity contribution in [3.63, 3.8) is 0 Å². The second-order valence-electron chi connectivity index (χ2n) is 16.4. The van der Waals surface area contributed by atoms with Crippen molar-refractivity contribution in [2.45, 2.75) is 52.4 Å². The molecule has 10 rings (SSSR count). The van der Waals surface area contributed by atoms with Crippen molar-refractivity contribution in [3.8, 4) is 22.6 Å². The van der Waals surface area contributed by atoms with Gasteiger partial charge in [-0.15, -0.1) is 0 Å². The fourth-order valence-electron chi connectivity index (χ4n) is 9.14. The van der Waals surface area contributed by atoms with Gasteiger partial charge in [-0.2, -0.15) is 0 Å². The van der Waals surface area contributed by atoms with Crippen LogP contribution in [0.4, 0.5) is 0 Å². The van der Waals surface area contributed by atoms with Crippen LogP contribution < -0.4 is 9.47 Å². The molecule has 0 amide bonds. The van der Waals surface area contributed by atoms with Crippen LogP contribution in [0.25, 0.3) is 75.8 Å². The van der Waals surface area contributed by atoms with E-state index in [4.69, 9.17) is 9.47 Å². The number of unbranched alkanes of at least 4 members (excludes halogenated alkanes) is 2. The molecule has 0 bridgehead atoms. The number of fused-ring (bicyclic) bond motifs is 6. The van der Waals surface area contributed by atoms with Gasteiger partial charge in [0.05, 0.1) is 11.1 Å². The zero-order valence-electron chi connectivity index (χ0n) is 35.0. The topological polar surface area (TPSA) is 52.6 Å². The van der Waals surface area contributed by atoms with Crippen LogP contribution in [0.2, 0.25) is 0 Å². The molecule has 0 saturated carbocycles. The van der Waals surface area contributed by atoms with Gasteiger partial charge in [0.2, 0.25) is 0 Å². The Labute approximate surface area is 361 Å². The number of rotatable bonds is 11. The summed E-state index contributed by atoms with van der Waals surface area (Å²) in [5.41, 5.74) is 5.55. The van der Waals surface area contributed by atoms with Gasteiger partial charge in [-0.05, 0) is 115 Å². The molecule has 0 fully saturated rings. The molecule has 0 aromatic heterocycles. The fourth-order valence-corrected chi connectivity index (χ4v) is 9.14. The Hall–Kier alpha value is -7.30. The molecule has 10 aromatic carbocycles. The first-order valence-corrected chi connectivity index (χ1v) is 21.9. The summed E-state index contributed by atoms with van der Waals surface area (Å²) in [7, 11) is 0. The molecule has 302 valence electrons. The van der Waals surface area contributed by atoms with Crippen LogP contribution in [0.15, 0.2) is 170 Å². The zero-order valence-corrected chi connectivity index (χ0v) is 35.0. The highest BCUT2D eigenvalue weighted by atomic mass is 16.5. The monoisotopic (exact) mass is 806 g/mol. The lowest BCUT2D eigenvalue weighted by Crippen LogP contribution is -2.10. The summed E-state index contributed by atoms with van der Waals surface area (Å²) >= 11 is 0. The van der Waals surface area contributed by atoms with Crippen molar-refractivity contribution in [2.75, 3.05) is 0 Å². The minimum Gasteiger partial charge on any atom is -0.422 e. The van der Waals surface area contributed by atoms with Crippen molar-refractivity contribution in [1.82, 2.24) is 0 Å². The molecule has 0 aliphatic carbocycles. The maximum absolute atomic E-state index is 14.2. The van der Waals surface area contributed by atoms with E-state index in [2.05, 4.69) is 86.6 Å². The number of ether oxygens (including phenoxy) is 2. The molecule has 62 heavy (non-hydrogen) atoms. The van der Waals surface area contributed by atoms with Crippen molar-refractivity contribution < 1.29 is 19.1 Å². The molecule has 10 aromatic rings. The van der Waals surface area contributed by atoms with E-state index in [9.17, 15) is 9.59 Å². The van der Waals surface area contributed by atoms with Crippen LogP contribution in [0.3, 0.4) is 0 Å². The number of benzene rings is 10. The summed E-state index contributed by atoms with van der Waals surface area (Å²) in [5.74, 6) is 0.272. The highest BCUT2D eigenvalue weighted by Gasteiger charge is 2.25. The molecular weight excluding hydrogens is 761 g/mol. The van der Waals surface area contributed by atoms with E-state index in [1.165, 1.54) is 11.1 Å². The number of esters is 2. The van der Waals surface area contributed by atoms with E-state index in [-0.39, 0.29) is 0 Å². The minimum absolute atomic E-state index is 0.404. The molecular formula is C58H46O4. The number of carbonyl (C=O) groups excluding carboxylic acids is 2. The Morgan fingerprint density at radius 2 is 0.742 bits per heavy atom. The molecule has 0 heterocycles. The number of aryl methyl sites for hydroxylation is 2. The standard InChI is InChI=1S/C58H46O4/c1-3-5-15-37-25-31-49-51(33-37)53(45-21-11-13-23-47(45)55(49)61-57(59)43-29-27-39-17-7-9-19-41(39)35-43)54-46-22-12-14-24-48(46)56(50-32-26-38(16-6-4-2)34-52(50)54)62-58(60)44-30-28-40-18-8-10-20-42(40)36-44/h7-14,17-36H,3-6,15-16H2,1-2H3. The minimum atomic E-state index is -0.404. The molecule has 0 aliphatic heterocycles. The van der Waals surface area contributed by atoms with Crippen molar-refractivity contribution in [2.24, 2.45) is 0 Å². The fraction of sp³-hybridized carbons (Fsp3) is 0.138. The third-order valence-electron chi connectivity index (χ3n) is 12.3. The van der Waals surface area contributed by atoms with Gasteiger partial charge in [0.1, 0.15) is 11.5 Å². The predicted molar refractivity (Wildman–Crippen MR) is 257 cm³/mol. The van der Waals surface area contributed by atoms with Crippen molar-refractivity contribution in [3.05, 3.63) is 192 Å². The summed E-state index contributed by atoms with van der Waals surface area (Å²) in [6, 6.07) is 57.3. The molecule has 0 aliphatic rings. The van der Waals surface area contributed by atoms with E-state index in [1.807, 2.05) is 97.1 Å². The van der Waals surface area contributed by atoms with Gasteiger partial charge in [0.25, 0.3) is 0 Å². The molecule has 0 saturated heterocycles. The smallest absolute Gasteiger partial charge is 0.343 e. The van der Waals surface area contributed by atoms with Crippen LogP contribution in [0, 0.1) is 0 Å². The number of carbonyl (C=O) groups is 2. The van der Waals surface area contributed by atoms with Crippen LogP contribution in [0.1, 0.15) is 71.4 Å². The van der Waals surface area contributed by atoms with Gasteiger partial charge >= 0.3 is 11.9 Å². The molecule has 0 N–H and O–H groups in total. The second-order valence-corrected chi connectivity index (χ2v) is 16.4. The lowest BCUT2D eigenvalue weighted by molar-refractivity contribution is 0.0730. The van der Waals surface area contributed by atoms with Gasteiger partial charge in [0.15, 0.2) is 0 Å². The SMILES string of the molecule is CCCCc1ccc2c(OC(=O)c3ccc4ccccc4c3)c3ccccc3c(-c3c4ccccc4c(OC(=O)c4ccc5ccccc5c4)c4ccc(CCCC)cc34)c2c1. The molecule has 4 nitrogen and oxygen atoms in total. The number of hydrogen-bond donors (Lipinski definition) is 0. The highest BCUT2D eigenvalue weighted by molar-refractivity contribution is 6.27. The van der Waals surface area contributed by atoms with Gasteiger partial charge in [-0.3, -0.25) is 0 Å². The van der Waals surface area contributed by atoms with Gasteiger partial charge in [-0.1, -0.05) is 172 Å². The predicted octanol–water partition coefficient (Wildman–Crippen LogP) is 15.4. The summed E-state index contributed by atoms with van der Waals surface area (Å²) in [6.45, 7) is 4.43. The summed E-state index contributed by atoms with van der Waals surface area (Å²) < 4.78 is 13.1. The number of hydrogen-bond acceptors (Lipinski definition) is 4. The van der Waals surface area contributed by atoms with Crippen LogP contribution in [-0.2, 0) is 12.8 Å². The van der Waals surface area contributed by atoms with E-state index < -0.39 is 11.9 Å². The average molecular weight is 807 g/mol.